The van der Waals surface area contributed by atoms with E-state index in [0.29, 0.717) is 4.90 Å². The van der Waals surface area contributed by atoms with Crippen molar-refractivity contribution >= 4 is 9.84 Å². The Labute approximate surface area is 121 Å². The summed E-state index contributed by atoms with van der Waals surface area (Å²) in [6.07, 6.45) is 1.23. The summed E-state index contributed by atoms with van der Waals surface area (Å²) in [4.78, 5) is 2.82. The molecule has 2 N–H and O–H groups in total. The summed E-state index contributed by atoms with van der Waals surface area (Å²) in [6, 6.07) is 7.08. The van der Waals surface area contributed by atoms with Crippen molar-refractivity contribution in [3.8, 4) is 0 Å². The number of nitrogens with zero attached hydrogens (tertiary/aromatic N) is 1. The zero-order valence-electron chi connectivity index (χ0n) is 11.9. The Kier molecular flexibility index (Phi) is 5.54. The molecule has 5 nitrogen and oxygen atoms in total. The van der Waals surface area contributed by atoms with Gasteiger partial charge in [0, 0.05) is 52.1 Å². The van der Waals surface area contributed by atoms with E-state index in [2.05, 4.69) is 15.5 Å². The molecule has 0 atom stereocenters. The summed E-state index contributed by atoms with van der Waals surface area (Å²) in [5.74, 6) is 0. The van der Waals surface area contributed by atoms with Crippen LogP contribution in [-0.4, -0.2) is 58.8 Å². The minimum Gasteiger partial charge on any atom is -0.314 e. The highest BCUT2D eigenvalue weighted by molar-refractivity contribution is 7.90. The highest BCUT2D eigenvalue weighted by Crippen LogP contribution is 2.10. The maximum atomic E-state index is 11.4. The van der Waals surface area contributed by atoms with Gasteiger partial charge in [0.25, 0.3) is 0 Å². The number of piperazine rings is 1. The Bertz CT molecular complexity index is 508. The second kappa shape index (κ2) is 7.17. The minimum atomic E-state index is -3.09. The van der Waals surface area contributed by atoms with Crippen LogP contribution >= 0.6 is 0 Å². The normalized spacial score (nSPS) is 17.2. The predicted octanol–water partition coefficient (Wildman–Crippen LogP) is 0.0849. The SMILES string of the molecule is CS(=O)(=O)c1ccc(CNCCN2CCNCC2)cc1. The molecule has 0 aromatic heterocycles. The topological polar surface area (TPSA) is 61.4 Å². The van der Waals surface area contributed by atoms with Crippen LogP contribution in [0.3, 0.4) is 0 Å². The quantitative estimate of drug-likeness (QED) is 0.729. The van der Waals surface area contributed by atoms with Crippen molar-refractivity contribution in [2.24, 2.45) is 0 Å². The largest absolute Gasteiger partial charge is 0.314 e. The molecule has 20 heavy (non-hydrogen) atoms. The number of hydrogen-bond donors (Lipinski definition) is 2. The molecule has 1 aromatic rings. The van der Waals surface area contributed by atoms with E-state index in [1.54, 1.807) is 12.1 Å². The van der Waals surface area contributed by atoms with Crippen LogP contribution in [-0.2, 0) is 16.4 Å². The van der Waals surface area contributed by atoms with Crippen LogP contribution in [0.25, 0.3) is 0 Å². The summed E-state index contributed by atoms with van der Waals surface area (Å²) in [6.45, 7) is 7.17. The molecule has 1 aliphatic rings. The van der Waals surface area contributed by atoms with Gasteiger partial charge >= 0.3 is 0 Å². The lowest BCUT2D eigenvalue weighted by Crippen LogP contribution is -2.45. The lowest BCUT2D eigenvalue weighted by Gasteiger charge is -2.27. The van der Waals surface area contributed by atoms with Crippen molar-refractivity contribution in [1.82, 2.24) is 15.5 Å². The van der Waals surface area contributed by atoms with Crippen molar-refractivity contribution in [3.63, 3.8) is 0 Å². The molecular formula is C14H23N3O2S. The average Bonchev–Trinajstić information content (AvgIpc) is 2.44. The molecule has 1 fully saturated rings. The fraction of sp³-hybridized carbons (Fsp3) is 0.571. The van der Waals surface area contributed by atoms with Gasteiger partial charge in [-0.3, -0.25) is 4.90 Å². The van der Waals surface area contributed by atoms with Crippen LogP contribution in [0.5, 0.6) is 0 Å². The van der Waals surface area contributed by atoms with E-state index in [9.17, 15) is 8.42 Å². The molecule has 1 saturated heterocycles. The Morgan fingerprint density at radius 2 is 1.85 bits per heavy atom. The molecule has 0 bridgehead atoms. The maximum absolute atomic E-state index is 11.4. The summed E-state index contributed by atoms with van der Waals surface area (Å²) < 4.78 is 22.7. The molecule has 1 heterocycles. The maximum Gasteiger partial charge on any atom is 0.175 e. The van der Waals surface area contributed by atoms with E-state index in [1.807, 2.05) is 12.1 Å². The molecular weight excluding hydrogens is 274 g/mol. The second-order valence-corrected chi connectivity index (χ2v) is 7.20. The summed E-state index contributed by atoms with van der Waals surface area (Å²) in [5.41, 5.74) is 1.11. The first-order chi connectivity index (χ1) is 9.55. The lowest BCUT2D eigenvalue weighted by atomic mass is 10.2. The molecule has 1 aromatic carbocycles. The first-order valence-electron chi connectivity index (χ1n) is 6.98. The molecule has 6 heteroatoms. The minimum absolute atomic E-state index is 0.377. The third-order valence-corrected chi connectivity index (χ3v) is 4.62. The molecule has 0 radical (unpaired) electrons. The molecule has 0 aliphatic carbocycles. The van der Waals surface area contributed by atoms with E-state index >= 15 is 0 Å². The lowest BCUT2D eigenvalue weighted by molar-refractivity contribution is 0.241. The fourth-order valence-corrected chi connectivity index (χ4v) is 2.89. The van der Waals surface area contributed by atoms with Gasteiger partial charge in [0.2, 0.25) is 0 Å². The highest BCUT2D eigenvalue weighted by Gasteiger charge is 2.08. The van der Waals surface area contributed by atoms with Crippen molar-refractivity contribution in [2.75, 3.05) is 45.5 Å². The molecule has 0 unspecified atom stereocenters. The number of nitrogens with one attached hydrogen (secondary N) is 2. The Hall–Kier alpha value is -0.950. The predicted molar refractivity (Wildman–Crippen MR) is 80.6 cm³/mol. The van der Waals surface area contributed by atoms with Crippen molar-refractivity contribution in [2.45, 2.75) is 11.4 Å². The van der Waals surface area contributed by atoms with E-state index in [0.717, 1.165) is 51.4 Å². The molecule has 0 amide bonds. The first-order valence-corrected chi connectivity index (χ1v) is 8.87. The monoisotopic (exact) mass is 297 g/mol. The van der Waals surface area contributed by atoms with Crippen LogP contribution in [0, 0.1) is 0 Å². The van der Waals surface area contributed by atoms with E-state index in [1.165, 1.54) is 6.26 Å². The fourth-order valence-electron chi connectivity index (χ4n) is 2.26. The molecule has 112 valence electrons. The molecule has 2 rings (SSSR count). The van der Waals surface area contributed by atoms with Gasteiger partial charge in [-0.1, -0.05) is 12.1 Å². The van der Waals surface area contributed by atoms with E-state index in [-0.39, 0.29) is 0 Å². The Morgan fingerprint density at radius 3 is 2.45 bits per heavy atom. The van der Waals surface area contributed by atoms with Gasteiger partial charge in [0.15, 0.2) is 9.84 Å². The third kappa shape index (κ3) is 4.86. The number of sulfone groups is 1. The van der Waals surface area contributed by atoms with Crippen molar-refractivity contribution in [3.05, 3.63) is 29.8 Å². The van der Waals surface area contributed by atoms with Crippen LogP contribution in [0.2, 0.25) is 0 Å². The summed E-state index contributed by atoms with van der Waals surface area (Å²) in [7, 11) is -3.09. The van der Waals surface area contributed by atoms with Crippen molar-refractivity contribution < 1.29 is 8.42 Å². The zero-order chi connectivity index (χ0) is 14.4. The Balaban J connectivity index is 1.71. The van der Waals surface area contributed by atoms with Gasteiger partial charge in [-0.2, -0.15) is 0 Å². The summed E-state index contributed by atoms with van der Waals surface area (Å²) >= 11 is 0. The third-order valence-electron chi connectivity index (χ3n) is 3.50. The van der Waals surface area contributed by atoms with E-state index < -0.39 is 9.84 Å². The van der Waals surface area contributed by atoms with Gasteiger partial charge in [-0.25, -0.2) is 8.42 Å². The molecule has 0 spiro atoms. The smallest absolute Gasteiger partial charge is 0.175 e. The van der Waals surface area contributed by atoms with E-state index in [4.69, 9.17) is 0 Å². The number of hydrogen-bond acceptors (Lipinski definition) is 5. The van der Waals surface area contributed by atoms with Gasteiger partial charge in [0.1, 0.15) is 0 Å². The van der Waals surface area contributed by atoms with Gasteiger partial charge in [-0.15, -0.1) is 0 Å². The number of benzene rings is 1. The molecule has 1 aliphatic heterocycles. The average molecular weight is 297 g/mol. The van der Waals surface area contributed by atoms with Gasteiger partial charge in [0.05, 0.1) is 4.90 Å². The van der Waals surface area contributed by atoms with Crippen LogP contribution in [0.15, 0.2) is 29.2 Å². The van der Waals surface area contributed by atoms with Crippen LogP contribution in [0.1, 0.15) is 5.56 Å². The number of rotatable bonds is 6. The standard InChI is InChI=1S/C14H23N3O2S/c1-20(18,19)14-4-2-13(3-5-14)12-16-8-11-17-9-6-15-7-10-17/h2-5,15-16H,6-12H2,1H3. The van der Waals surface area contributed by atoms with Crippen LogP contribution in [0.4, 0.5) is 0 Å². The van der Waals surface area contributed by atoms with Gasteiger partial charge in [-0.05, 0) is 17.7 Å². The molecule has 0 saturated carbocycles. The highest BCUT2D eigenvalue weighted by atomic mass is 32.2. The Morgan fingerprint density at radius 1 is 1.20 bits per heavy atom. The zero-order valence-corrected chi connectivity index (χ0v) is 12.7. The first kappa shape index (κ1) is 15.4. The summed E-state index contributed by atoms with van der Waals surface area (Å²) in [5, 5.41) is 6.73. The van der Waals surface area contributed by atoms with Crippen molar-refractivity contribution in [1.29, 1.82) is 0 Å². The van der Waals surface area contributed by atoms with Gasteiger partial charge < -0.3 is 10.6 Å². The second-order valence-electron chi connectivity index (χ2n) is 5.18. The van der Waals surface area contributed by atoms with Crippen LogP contribution < -0.4 is 10.6 Å².